The average molecular weight is 390 g/mol. The number of halogens is 1. The van der Waals surface area contributed by atoms with Crippen LogP contribution in [0.2, 0.25) is 0 Å². The van der Waals surface area contributed by atoms with Crippen molar-refractivity contribution in [3.63, 3.8) is 0 Å². The van der Waals surface area contributed by atoms with Crippen LogP contribution in [0.25, 0.3) is 0 Å². The SMILES string of the molecule is Cl.O=C1Nc2cccnc2N(CCCOC2CCCCO2)c2ccccc21. The van der Waals surface area contributed by atoms with Gasteiger partial charge in [0.25, 0.3) is 5.91 Å². The van der Waals surface area contributed by atoms with Crippen LogP contribution in [-0.2, 0) is 9.47 Å². The average Bonchev–Trinajstić information content (AvgIpc) is 2.81. The molecule has 0 aliphatic carbocycles. The van der Waals surface area contributed by atoms with E-state index in [1.807, 2.05) is 36.4 Å². The predicted molar refractivity (Wildman–Crippen MR) is 107 cm³/mol. The molecule has 1 aromatic carbocycles. The maximum atomic E-state index is 12.5. The van der Waals surface area contributed by atoms with E-state index in [0.717, 1.165) is 49.5 Å². The summed E-state index contributed by atoms with van der Waals surface area (Å²) in [7, 11) is 0. The standard InChI is InChI=1S/C20H23N3O3.ClH/c24-20-15-7-1-2-9-17(15)23(19-16(22-20)8-5-11-21-19)12-6-14-26-18-10-3-4-13-25-18;/h1-2,5,7-9,11,18H,3-4,6,10,12-14H2,(H,22,24);1H. The van der Waals surface area contributed by atoms with E-state index in [0.29, 0.717) is 18.7 Å². The fraction of sp³-hybridized carbons (Fsp3) is 0.400. The van der Waals surface area contributed by atoms with Crippen molar-refractivity contribution in [3.8, 4) is 0 Å². The Kier molecular flexibility index (Phi) is 6.66. The number of anilines is 3. The van der Waals surface area contributed by atoms with Crippen LogP contribution in [-0.4, -0.2) is 36.9 Å². The number of pyridine rings is 1. The van der Waals surface area contributed by atoms with E-state index in [1.165, 1.54) is 0 Å². The smallest absolute Gasteiger partial charge is 0.257 e. The summed E-state index contributed by atoms with van der Waals surface area (Å²) in [5.41, 5.74) is 2.25. The lowest BCUT2D eigenvalue weighted by Crippen LogP contribution is -2.25. The van der Waals surface area contributed by atoms with Crippen LogP contribution in [0.1, 0.15) is 36.0 Å². The molecule has 1 fully saturated rings. The summed E-state index contributed by atoms with van der Waals surface area (Å²) in [6.07, 6.45) is 5.74. The zero-order chi connectivity index (χ0) is 17.8. The Hall–Kier alpha value is -2.15. The number of amides is 1. The molecule has 2 aliphatic heterocycles. The summed E-state index contributed by atoms with van der Waals surface area (Å²) in [6, 6.07) is 11.3. The molecular weight excluding hydrogens is 366 g/mol. The highest BCUT2D eigenvalue weighted by molar-refractivity contribution is 6.11. The molecule has 27 heavy (non-hydrogen) atoms. The first kappa shape index (κ1) is 19.6. The zero-order valence-corrected chi connectivity index (χ0v) is 15.9. The van der Waals surface area contributed by atoms with Gasteiger partial charge in [0, 0.05) is 19.3 Å². The van der Waals surface area contributed by atoms with Crippen molar-refractivity contribution in [3.05, 3.63) is 48.2 Å². The number of carbonyl (C=O) groups excluding carboxylic acids is 1. The predicted octanol–water partition coefficient (Wildman–Crippen LogP) is 4.14. The molecule has 1 N–H and O–H groups in total. The molecule has 1 aromatic heterocycles. The first-order valence-corrected chi connectivity index (χ1v) is 9.19. The van der Waals surface area contributed by atoms with Crippen LogP contribution in [0.4, 0.5) is 17.2 Å². The maximum absolute atomic E-state index is 12.5. The number of rotatable bonds is 5. The number of hydrogen-bond donors (Lipinski definition) is 1. The maximum Gasteiger partial charge on any atom is 0.257 e. The first-order chi connectivity index (χ1) is 12.8. The second-order valence-electron chi connectivity index (χ2n) is 6.52. The molecule has 1 atom stereocenters. The highest BCUT2D eigenvalue weighted by atomic mass is 35.5. The molecule has 2 aromatic rings. The first-order valence-electron chi connectivity index (χ1n) is 9.19. The molecule has 144 valence electrons. The topological polar surface area (TPSA) is 63.7 Å². The van der Waals surface area contributed by atoms with Gasteiger partial charge in [0.2, 0.25) is 0 Å². The van der Waals surface area contributed by atoms with Crippen molar-refractivity contribution in [2.24, 2.45) is 0 Å². The molecule has 7 heteroatoms. The molecule has 1 saturated heterocycles. The molecule has 0 bridgehead atoms. The van der Waals surface area contributed by atoms with Gasteiger partial charge in [-0.05, 0) is 49.9 Å². The van der Waals surface area contributed by atoms with Crippen LogP contribution in [0.5, 0.6) is 0 Å². The van der Waals surface area contributed by atoms with Gasteiger partial charge in [-0.3, -0.25) is 4.79 Å². The lowest BCUT2D eigenvalue weighted by molar-refractivity contribution is -0.162. The molecule has 4 rings (SSSR count). The zero-order valence-electron chi connectivity index (χ0n) is 15.1. The van der Waals surface area contributed by atoms with Crippen molar-refractivity contribution in [1.29, 1.82) is 0 Å². The minimum absolute atomic E-state index is 0. The largest absolute Gasteiger partial charge is 0.353 e. The van der Waals surface area contributed by atoms with Crippen molar-refractivity contribution < 1.29 is 14.3 Å². The fourth-order valence-electron chi connectivity index (χ4n) is 3.42. The minimum Gasteiger partial charge on any atom is -0.353 e. The summed E-state index contributed by atoms with van der Waals surface area (Å²) < 4.78 is 11.5. The molecule has 3 heterocycles. The minimum atomic E-state index is -0.107. The third kappa shape index (κ3) is 4.40. The Morgan fingerprint density at radius 2 is 2.11 bits per heavy atom. The monoisotopic (exact) mass is 389 g/mol. The van der Waals surface area contributed by atoms with E-state index in [1.54, 1.807) is 6.20 Å². The number of ether oxygens (including phenoxy) is 2. The van der Waals surface area contributed by atoms with Crippen LogP contribution in [0.3, 0.4) is 0 Å². The van der Waals surface area contributed by atoms with Gasteiger partial charge in [-0.25, -0.2) is 4.98 Å². The summed E-state index contributed by atoms with van der Waals surface area (Å²) in [4.78, 5) is 19.1. The Balaban J connectivity index is 0.00000210. The summed E-state index contributed by atoms with van der Waals surface area (Å²) in [5, 5.41) is 2.96. The summed E-state index contributed by atoms with van der Waals surface area (Å²) in [5.74, 6) is 0.656. The molecule has 0 spiro atoms. The van der Waals surface area contributed by atoms with Gasteiger partial charge in [-0.2, -0.15) is 0 Å². The summed E-state index contributed by atoms with van der Waals surface area (Å²) >= 11 is 0. The van der Waals surface area contributed by atoms with Gasteiger partial charge < -0.3 is 19.7 Å². The lowest BCUT2D eigenvalue weighted by Gasteiger charge is -2.26. The van der Waals surface area contributed by atoms with E-state index in [9.17, 15) is 4.79 Å². The van der Waals surface area contributed by atoms with E-state index in [-0.39, 0.29) is 24.6 Å². The second kappa shape index (κ2) is 9.17. The third-order valence-corrected chi connectivity index (χ3v) is 4.70. The Morgan fingerprint density at radius 1 is 1.22 bits per heavy atom. The summed E-state index contributed by atoms with van der Waals surface area (Å²) in [6.45, 7) is 2.12. The van der Waals surface area contributed by atoms with Crippen molar-refractivity contribution in [1.82, 2.24) is 4.98 Å². The van der Waals surface area contributed by atoms with E-state index < -0.39 is 0 Å². The van der Waals surface area contributed by atoms with Crippen LogP contribution in [0.15, 0.2) is 42.6 Å². The number of aromatic nitrogens is 1. The molecule has 1 unspecified atom stereocenters. The Morgan fingerprint density at radius 3 is 2.96 bits per heavy atom. The normalized spacial score (nSPS) is 18.6. The van der Waals surface area contributed by atoms with Crippen molar-refractivity contribution >= 4 is 35.5 Å². The highest BCUT2D eigenvalue weighted by Gasteiger charge is 2.25. The van der Waals surface area contributed by atoms with Gasteiger partial charge in [0.15, 0.2) is 12.1 Å². The van der Waals surface area contributed by atoms with Crippen molar-refractivity contribution in [2.45, 2.75) is 32.0 Å². The number of carbonyl (C=O) groups is 1. The van der Waals surface area contributed by atoms with Crippen LogP contribution >= 0.6 is 12.4 Å². The Bertz CT molecular complexity index is 781. The molecule has 0 saturated carbocycles. The molecule has 2 aliphatic rings. The molecule has 6 nitrogen and oxygen atoms in total. The number of nitrogens with one attached hydrogen (secondary N) is 1. The number of fused-ring (bicyclic) bond motifs is 2. The molecule has 1 amide bonds. The van der Waals surface area contributed by atoms with Gasteiger partial charge in [0.05, 0.1) is 23.5 Å². The van der Waals surface area contributed by atoms with Gasteiger partial charge in [-0.15, -0.1) is 12.4 Å². The lowest BCUT2D eigenvalue weighted by atomic mass is 10.1. The molecular formula is C20H24ClN3O3. The number of nitrogens with zero attached hydrogens (tertiary/aromatic N) is 2. The Labute approximate surface area is 165 Å². The highest BCUT2D eigenvalue weighted by Crippen LogP contribution is 2.35. The number of benzene rings is 1. The second-order valence-corrected chi connectivity index (χ2v) is 6.52. The number of para-hydroxylation sites is 1. The van der Waals surface area contributed by atoms with Gasteiger partial charge in [0.1, 0.15) is 0 Å². The fourth-order valence-corrected chi connectivity index (χ4v) is 3.42. The van der Waals surface area contributed by atoms with E-state index in [4.69, 9.17) is 9.47 Å². The number of hydrogen-bond acceptors (Lipinski definition) is 5. The van der Waals surface area contributed by atoms with Crippen LogP contribution in [0, 0.1) is 0 Å². The van der Waals surface area contributed by atoms with Gasteiger partial charge >= 0.3 is 0 Å². The van der Waals surface area contributed by atoms with Gasteiger partial charge in [-0.1, -0.05) is 12.1 Å². The van der Waals surface area contributed by atoms with Crippen LogP contribution < -0.4 is 10.2 Å². The van der Waals surface area contributed by atoms with E-state index in [2.05, 4.69) is 15.2 Å². The third-order valence-electron chi connectivity index (χ3n) is 4.70. The van der Waals surface area contributed by atoms with Crippen molar-refractivity contribution in [2.75, 3.05) is 30.0 Å². The van der Waals surface area contributed by atoms with E-state index >= 15 is 0 Å². The molecule has 0 radical (unpaired) electrons. The quantitative estimate of drug-likeness (QED) is 0.778.